The van der Waals surface area contributed by atoms with Gasteiger partial charge in [0, 0.05) is 38.4 Å². The first kappa shape index (κ1) is 28.2. The number of piperazine rings is 1. The molecule has 0 radical (unpaired) electrons. The Bertz CT molecular complexity index is 1230. The lowest BCUT2D eigenvalue weighted by Crippen LogP contribution is -2.46. The number of allylic oxidation sites excluding steroid dienone is 1. The molecular weight excluding hydrogens is 496 g/mol. The number of nitrogens with one attached hydrogen (secondary N) is 2. The summed E-state index contributed by atoms with van der Waals surface area (Å²) in [6.07, 6.45) is 1.67. The second-order valence-electron chi connectivity index (χ2n) is 9.48. The minimum atomic E-state index is -3.51. The Hall–Kier alpha value is -2.40. The largest absolute Gasteiger partial charge is 0.369 e. The van der Waals surface area contributed by atoms with Gasteiger partial charge in [-0.3, -0.25) is 9.62 Å². The SMILES string of the molecule is C=C(C)c1ccc(S(=O)(=O)NCCCCN2CCN(c3cccc(NS(=O)(=O)C(C)C)c3)CC2)cc1. The third-order valence-electron chi connectivity index (χ3n) is 6.31. The predicted octanol–water partition coefficient (Wildman–Crippen LogP) is 3.75. The Morgan fingerprint density at radius 2 is 1.64 bits per heavy atom. The Balaban J connectivity index is 1.39. The molecule has 36 heavy (non-hydrogen) atoms. The van der Waals surface area contributed by atoms with E-state index in [1.54, 1.807) is 44.2 Å². The number of rotatable bonds is 12. The highest BCUT2D eigenvalue weighted by Crippen LogP contribution is 2.22. The molecule has 3 rings (SSSR count). The topological polar surface area (TPSA) is 98.8 Å². The fourth-order valence-corrected chi connectivity index (χ4v) is 5.71. The van der Waals surface area contributed by atoms with Crippen molar-refractivity contribution >= 4 is 37.0 Å². The lowest BCUT2D eigenvalue weighted by Gasteiger charge is -2.36. The zero-order valence-corrected chi connectivity index (χ0v) is 23.0. The van der Waals surface area contributed by atoms with E-state index in [0.29, 0.717) is 12.2 Å². The van der Waals surface area contributed by atoms with Crippen molar-refractivity contribution < 1.29 is 16.8 Å². The molecule has 2 N–H and O–H groups in total. The van der Waals surface area contributed by atoms with E-state index in [-0.39, 0.29) is 4.90 Å². The van der Waals surface area contributed by atoms with Gasteiger partial charge < -0.3 is 4.90 Å². The maximum absolute atomic E-state index is 12.5. The molecule has 1 heterocycles. The van der Waals surface area contributed by atoms with Gasteiger partial charge in [-0.1, -0.05) is 30.4 Å². The number of anilines is 2. The summed E-state index contributed by atoms with van der Waals surface area (Å²) in [6, 6.07) is 14.3. The van der Waals surface area contributed by atoms with Gasteiger partial charge in [-0.25, -0.2) is 21.6 Å². The van der Waals surface area contributed by atoms with Crippen molar-refractivity contribution in [1.82, 2.24) is 9.62 Å². The first-order valence-electron chi connectivity index (χ1n) is 12.3. The number of sulfonamides is 2. The van der Waals surface area contributed by atoms with Crippen LogP contribution in [-0.2, 0) is 20.0 Å². The Morgan fingerprint density at radius 3 is 2.25 bits per heavy atom. The van der Waals surface area contributed by atoms with Gasteiger partial charge in [0.15, 0.2) is 0 Å². The van der Waals surface area contributed by atoms with Crippen molar-refractivity contribution in [2.75, 3.05) is 48.9 Å². The minimum Gasteiger partial charge on any atom is -0.369 e. The monoisotopic (exact) mass is 534 g/mol. The highest BCUT2D eigenvalue weighted by atomic mass is 32.2. The number of nitrogens with zero attached hydrogens (tertiary/aromatic N) is 2. The van der Waals surface area contributed by atoms with Crippen LogP contribution in [0.2, 0.25) is 0 Å². The molecular formula is C26H38N4O4S2. The van der Waals surface area contributed by atoms with Crippen LogP contribution >= 0.6 is 0 Å². The average Bonchev–Trinajstić information content (AvgIpc) is 2.84. The predicted molar refractivity (Wildman–Crippen MR) is 148 cm³/mol. The van der Waals surface area contributed by atoms with Crippen LogP contribution in [0.15, 0.2) is 60.0 Å². The molecule has 10 heteroatoms. The van der Waals surface area contributed by atoms with Crippen molar-refractivity contribution in [3.8, 4) is 0 Å². The van der Waals surface area contributed by atoms with Crippen molar-refractivity contribution in [1.29, 1.82) is 0 Å². The van der Waals surface area contributed by atoms with Gasteiger partial charge in [-0.05, 0) is 76.1 Å². The standard InChI is InChI=1S/C26H38N4O4S2/c1-21(2)23-10-12-26(13-11-23)36(33,34)27-14-5-6-15-29-16-18-30(19-17-29)25-9-7-8-24(20-25)28-35(31,32)22(3)4/h7-13,20,22,27-28H,1,5-6,14-19H2,2-4H3. The maximum atomic E-state index is 12.5. The molecule has 0 unspecified atom stereocenters. The number of hydrogen-bond acceptors (Lipinski definition) is 6. The molecule has 8 nitrogen and oxygen atoms in total. The Kier molecular flexibility index (Phi) is 9.57. The van der Waals surface area contributed by atoms with Crippen LogP contribution in [0.25, 0.3) is 5.57 Å². The highest BCUT2D eigenvalue weighted by Gasteiger charge is 2.19. The molecule has 2 aromatic carbocycles. The first-order chi connectivity index (χ1) is 17.0. The quantitative estimate of drug-likeness (QED) is 0.403. The summed E-state index contributed by atoms with van der Waals surface area (Å²) in [6.45, 7) is 13.9. The lowest BCUT2D eigenvalue weighted by molar-refractivity contribution is 0.253. The molecule has 0 aliphatic carbocycles. The summed E-state index contributed by atoms with van der Waals surface area (Å²) in [4.78, 5) is 4.91. The smallest absolute Gasteiger partial charge is 0.240 e. The van der Waals surface area contributed by atoms with Crippen molar-refractivity contribution in [2.24, 2.45) is 0 Å². The summed E-state index contributed by atoms with van der Waals surface area (Å²) in [5.41, 5.74) is 3.41. The van der Waals surface area contributed by atoms with Crippen LogP contribution in [0.5, 0.6) is 0 Å². The molecule has 2 aromatic rings. The molecule has 0 bridgehead atoms. The molecule has 0 saturated carbocycles. The molecule has 1 aliphatic heterocycles. The molecule has 198 valence electrons. The van der Waals surface area contributed by atoms with Gasteiger partial charge in [0.1, 0.15) is 0 Å². The van der Waals surface area contributed by atoms with E-state index in [2.05, 4.69) is 25.8 Å². The van der Waals surface area contributed by atoms with Gasteiger partial charge in [-0.15, -0.1) is 0 Å². The van der Waals surface area contributed by atoms with Crippen LogP contribution in [0.4, 0.5) is 11.4 Å². The van der Waals surface area contributed by atoms with Crippen LogP contribution in [0.3, 0.4) is 0 Å². The summed E-state index contributed by atoms with van der Waals surface area (Å²) >= 11 is 0. The Labute approximate surface area is 216 Å². The van der Waals surface area contributed by atoms with E-state index in [1.165, 1.54) is 0 Å². The fourth-order valence-electron chi connectivity index (χ4n) is 3.95. The summed E-state index contributed by atoms with van der Waals surface area (Å²) < 4.78 is 54.7. The van der Waals surface area contributed by atoms with Crippen molar-refractivity contribution in [2.45, 2.75) is 43.8 Å². The zero-order chi connectivity index (χ0) is 26.3. The van der Waals surface area contributed by atoms with E-state index in [4.69, 9.17) is 0 Å². The van der Waals surface area contributed by atoms with Crippen LogP contribution in [-0.4, -0.2) is 66.3 Å². The van der Waals surface area contributed by atoms with E-state index in [1.807, 2.05) is 25.1 Å². The summed E-state index contributed by atoms with van der Waals surface area (Å²) in [5.74, 6) is 0. The van der Waals surface area contributed by atoms with E-state index in [0.717, 1.165) is 62.4 Å². The fraction of sp³-hybridized carbons (Fsp3) is 0.462. The van der Waals surface area contributed by atoms with Crippen LogP contribution in [0.1, 0.15) is 39.2 Å². The van der Waals surface area contributed by atoms with Crippen molar-refractivity contribution in [3.63, 3.8) is 0 Å². The minimum absolute atomic E-state index is 0.268. The van der Waals surface area contributed by atoms with Gasteiger partial charge in [-0.2, -0.15) is 0 Å². The normalized spacial score (nSPS) is 15.3. The number of unbranched alkanes of at least 4 members (excludes halogenated alkanes) is 1. The Morgan fingerprint density at radius 1 is 0.972 bits per heavy atom. The van der Waals surface area contributed by atoms with E-state index >= 15 is 0 Å². The number of benzene rings is 2. The van der Waals surface area contributed by atoms with Gasteiger partial charge in [0.2, 0.25) is 20.0 Å². The average molecular weight is 535 g/mol. The van der Waals surface area contributed by atoms with E-state index < -0.39 is 25.3 Å². The molecule has 1 saturated heterocycles. The van der Waals surface area contributed by atoms with E-state index in [9.17, 15) is 16.8 Å². The maximum Gasteiger partial charge on any atom is 0.240 e. The summed E-state index contributed by atoms with van der Waals surface area (Å²) in [5, 5.41) is -0.492. The second kappa shape index (κ2) is 12.2. The third kappa shape index (κ3) is 7.80. The third-order valence-corrected chi connectivity index (χ3v) is 9.55. The van der Waals surface area contributed by atoms with Gasteiger partial charge >= 0.3 is 0 Å². The molecule has 1 aliphatic rings. The lowest BCUT2D eigenvalue weighted by atomic mass is 10.1. The van der Waals surface area contributed by atoms with Crippen LogP contribution < -0.4 is 14.3 Å². The van der Waals surface area contributed by atoms with Crippen molar-refractivity contribution in [3.05, 3.63) is 60.7 Å². The van der Waals surface area contributed by atoms with Gasteiger partial charge in [0.25, 0.3) is 0 Å². The molecule has 1 fully saturated rings. The molecule has 0 aromatic heterocycles. The zero-order valence-electron chi connectivity index (χ0n) is 21.4. The second-order valence-corrected chi connectivity index (χ2v) is 13.5. The molecule has 0 spiro atoms. The highest BCUT2D eigenvalue weighted by molar-refractivity contribution is 7.93. The van der Waals surface area contributed by atoms with Gasteiger partial charge in [0.05, 0.1) is 15.8 Å². The first-order valence-corrected chi connectivity index (χ1v) is 15.4. The van der Waals surface area contributed by atoms with Crippen LogP contribution in [0, 0.1) is 0 Å². The molecule has 0 atom stereocenters. The number of hydrogen-bond donors (Lipinski definition) is 2. The molecule has 0 amide bonds. The summed E-state index contributed by atoms with van der Waals surface area (Å²) in [7, 11) is -6.88.